The minimum absolute atomic E-state index is 0.0553. The van der Waals surface area contributed by atoms with Crippen LogP contribution in [0.25, 0.3) is 21.7 Å². The number of benzene rings is 2. The molecule has 94 valence electrons. The number of aliphatic hydroxyl groups excluding tert-OH is 1. The van der Waals surface area contributed by atoms with Gasteiger partial charge >= 0.3 is 0 Å². The molecular weight excluding hydrogens is 254 g/mol. The molecular formula is C16H13NOS. The predicted molar refractivity (Wildman–Crippen MR) is 78.9 cm³/mol. The van der Waals surface area contributed by atoms with Crippen LogP contribution < -0.4 is 0 Å². The molecule has 2 aromatic carbocycles. The van der Waals surface area contributed by atoms with Gasteiger partial charge in [-0.25, -0.2) is 4.98 Å². The smallest absolute Gasteiger partial charge is 0.123 e. The summed E-state index contributed by atoms with van der Waals surface area (Å²) >= 11 is 1.53. The Labute approximate surface area is 116 Å². The summed E-state index contributed by atoms with van der Waals surface area (Å²) < 4.78 is 0. The first-order valence-electron chi connectivity index (χ1n) is 6.08. The average Bonchev–Trinajstić information content (AvgIpc) is 2.97. The van der Waals surface area contributed by atoms with Crippen molar-refractivity contribution in [3.05, 3.63) is 65.7 Å². The molecule has 0 saturated heterocycles. The lowest BCUT2D eigenvalue weighted by Crippen LogP contribution is -1.78. The molecule has 0 saturated carbocycles. The first-order valence-corrected chi connectivity index (χ1v) is 6.90. The molecule has 0 aliphatic carbocycles. The molecule has 2 nitrogen and oxygen atoms in total. The number of nitrogens with zero attached hydrogens (tertiary/aromatic N) is 1. The molecule has 1 aromatic heterocycles. The summed E-state index contributed by atoms with van der Waals surface area (Å²) in [6, 6.07) is 18.6. The normalized spacial score (nSPS) is 10.6. The van der Waals surface area contributed by atoms with Crippen LogP contribution in [-0.4, -0.2) is 10.1 Å². The van der Waals surface area contributed by atoms with Crippen molar-refractivity contribution < 1.29 is 5.11 Å². The van der Waals surface area contributed by atoms with Crippen molar-refractivity contribution in [3.8, 4) is 21.7 Å². The third kappa shape index (κ3) is 2.57. The fraction of sp³-hybridized carbons (Fsp3) is 0.0625. The van der Waals surface area contributed by atoms with E-state index in [-0.39, 0.29) is 6.61 Å². The van der Waals surface area contributed by atoms with Crippen molar-refractivity contribution >= 4 is 11.3 Å². The number of thiazole rings is 1. The first kappa shape index (κ1) is 12.1. The molecule has 0 bridgehead atoms. The number of rotatable bonds is 3. The van der Waals surface area contributed by atoms with Crippen molar-refractivity contribution in [2.75, 3.05) is 0 Å². The number of aliphatic hydroxyl groups is 1. The third-order valence-corrected chi connectivity index (χ3v) is 3.98. The molecule has 0 unspecified atom stereocenters. The Morgan fingerprint density at radius 1 is 0.842 bits per heavy atom. The van der Waals surface area contributed by atoms with Crippen molar-refractivity contribution in [2.45, 2.75) is 6.61 Å². The molecule has 3 aromatic rings. The molecule has 3 rings (SSSR count). The molecule has 1 heterocycles. The fourth-order valence-corrected chi connectivity index (χ4v) is 2.73. The Balaban J connectivity index is 1.90. The van der Waals surface area contributed by atoms with Crippen LogP contribution in [0.5, 0.6) is 0 Å². The Morgan fingerprint density at radius 3 is 2.11 bits per heavy atom. The van der Waals surface area contributed by atoms with Crippen LogP contribution >= 0.6 is 11.3 Å². The Kier molecular flexibility index (Phi) is 3.40. The Morgan fingerprint density at radius 2 is 1.47 bits per heavy atom. The standard InChI is InChI=1S/C16H13NOS/c18-11-15-10-17-16(19-15)14-8-6-13(7-9-14)12-4-2-1-3-5-12/h1-10,18H,11H2. The van der Waals surface area contributed by atoms with E-state index >= 15 is 0 Å². The summed E-state index contributed by atoms with van der Waals surface area (Å²) in [6.07, 6.45) is 1.73. The van der Waals surface area contributed by atoms with Gasteiger partial charge in [0.15, 0.2) is 0 Å². The van der Waals surface area contributed by atoms with Crippen LogP contribution in [0.15, 0.2) is 60.8 Å². The number of hydrogen-bond donors (Lipinski definition) is 1. The van der Waals surface area contributed by atoms with Crippen molar-refractivity contribution in [1.29, 1.82) is 0 Å². The van der Waals surface area contributed by atoms with Gasteiger partial charge < -0.3 is 5.11 Å². The van der Waals surface area contributed by atoms with Gasteiger partial charge in [0, 0.05) is 11.8 Å². The van der Waals surface area contributed by atoms with E-state index in [2.05, 4.69) is 41.4 Å². The zero-order chi connectivity index (χ0) is 13.1. The van der Waals surface area contributed by atoms with Gasteiger partial charge in [-0.3, -0.25) is 0 Å². The maximum absolute atomic E-state index is 9.06. The molecule has 0 aliphatic heterocycles. The van der Waals surface area contributed by atoms with Crippen molar-refractivity contribution in [3.63, 3.8) is 0 Å². The predicted octanol–water partition coefficient (Wildman–Crippen LogP) is 3.97. The van der Waals surface area contributed by atoms with E-state index in [1.807, 2.05) is 18.2 Å². The highest BCUT2D eigenvalue weighted by Gasteiger charge is 2.04. The van der Waals surface area contributed by atoms with Crippen LogP contribution in [0.2, 0.25) is 0 Å². The number of hydrogen-bond acceptors (Lipinski definition) is 3. The highest BCUT2D eigenvalue weighted by molar-refractivity contribution is 7.15. The van der Waals surface area contributed by atoms with Crippen molar-refractivity contribution in [2.24, 2.45) is 0 Å². The number of aromatic nitrogens is 1. The largest absolute Gasteiger partial charge is 0.391 e. The monoisotopic (exact) mass is 267 g/mol. The summed E-state index contributed by atoms with van der Waals surface area (Å²) in [6.45, 7) is 0.0553. The lowest BCUT2D eigenvalue weighted by molar-refractivity contribution is 0.285. The van der Waals surface area contributed by atoms with Gasteiger partial charge in [-0.1, -0.05) is 54.6 Å². The minimum Gasteiger partial charge on any atom is -0.391 e. The van der Waals surface area contributed by atoms with E-state index in [0.29, 0.717) is 0 Å². The van der Waals surface area contributed by atoms with Gasteiger partial charge in [0.25, 0.3) is 0 Å². The molecule has 0 atom stereocenters. The van der Waals surface area contributed by atoms with Gasteiger partial charge in [0.1, 0.15) is 5.01 Å². The topological polar surface area (TPSA) is 33.1 Å². The second-order valence-corrected chi connectivity index (χ2v) is 5.35. The summed E-state index contributed by atoms with van der Waals surface area (Å²) in [5, 5.41) is 10.0. The summed E-state index contributed by atoms with van der Waals surface area (Å²) in [5.41, 5.74) is 3.50. The second-order valence-electron chi connectivity index (χ2n) is 4.23. The average molecular weight is 267 g/mol. The minimum atomic E-state index is 0.0553. The van der Waals surface area contributed by atoms with E-state index in [1.165, 1.54) is 22.5 Å². The Bertz CT molecular complexity index is 659. The van der Waals surface area contributed by atoms with Crippen LogP contribution in [0.1, 0.15) is 4.88 Å². The summed E-state index contributed by atoms with van der Waals surface area (Å²) in [4.78, 5) is 5.21. The van der Waals surface area contributed by atoms with E-state index in [4.69, 9.17) is 5.11 Å². The molecule has 3 heteroatoms. The van der Waals surface area contributed by atoms with Crippen LogP contribution in [-0.2, 0) is 6.61 Å². The highest BCUT2D eigenvalue weighted by Crippen LogP contribution is 2.27. The van der Waals surface area contributed by atoms with E-state index in [0.717, 1.165) is 15.4 Å². The van der Waals surface area contributed by atoms with Gasteiger partial charge in [-0.05, 0) is 11.1 Å². The zero-order valence-corrected chi connectivity index (χ0v) is 11.1. The first-order chi connectivity index (χ1) is 9.36. The van der Waals surface area contributed by atoms with Gasteiger partial charge in [-0.15, -0.1) is 11.3 Å². The van der Waals surface area contributed by atoms with E-state index in [9.17, 15) is 0 Å². The van der Waals surface area contributed by atoms with E-state index < -0.39 is 0 Å². The maximum Gasteiger partial charge on any atom is 0.123 e. The quantitative estimate of drug-likeness (QED) is 0.779. The molecule has 1 N–H and O–H groups in total. The SMILES string of the molecule is OCc1cnc(-c2ccc(-c3ccccc3)cc2)s1. The summed E-state index contributed by atoms with van der Waals surface area (Å²) in [5.74, 6) is 0. The van der Waals surface area contributed by atoms with E-state index in [1.54, 1.807) is 6.20 Å². The lowest BCUT2D eigenvalue weighted by atomic mass is 10.0. The Hall–Kier alpha value is -1.97. The van der Waals surface area contributed by atoms with Crippen LogP contribution in [0, 0.1) is 0 Å². The van der Waals surface area contributed by atoms with Gasteiger partial charge in [-0.2, -0.15) is 0 Å². The summed E-state index contributed by atoms with van der Waals surface area (Å²) in [7, 11) is 0. The molecule has 0 fully saturated rings. The molecule has 19 heavy (non-hydrogen) atoms. The van der Waals surface area contributed by atoms with Crippen LogP contribution in [0.4, 0.5) is 0 Å². The van der Waals surface area contributed by atoms with Gasteiger partial charge in [0.05, 0.1) is 11.5 Å². The van der Waals surface area contributed by atoms with Gasteiger partial charge in [0.2, 0.25) is 0 Å². The highest BCUT2D eigenvalue weighted by atomic mass is 32.1. The fourth-order valence-electron chi connectivity index (χ4n) is 1.95. The molecule has 0 radical (unpaired) electrons. The van der Waals surface area contributed by atoms with Crippen LogP contribution in [0.3, 0.4) is 0 Å². The third-order valence-electron chi connectivity index (χ3n) is 2.95. The maximum atomic E-state index is 9.06. The molecule has 0 aliphatic rings. The molecule has 0 spiro atoms. The zero-order valence-electron chi connectivity index (χ0n) is 10.3. The molecule has 0 amide bonds. The lowest BCUT2D eigenvalue weighted by Gasteiger charge is -2.02. The van der Waals surface area contributed by atoms with Crippen molar-refractivity contribution in [1.82, 2.24) is 4.98 Å². The second kappa shape index (κ2) is 5.34.